The smallest absolute Gasteiger partial charge is 0.276 e. The second-order valence-corrected chi connectivity index (χ2v) is 4.40. The van der Waals surface area contributed by atoms with Gasteiger partial charge in [0, 0.05) is 12.7 Å². The summed E-state index contributed by atoms with van der Waals surface area (Å²) in [6.07, 6.45) is 2.41. The minimum absolute atomic E-state index is 0.287. The third-order valence-electron chi connectivity index (χ3n) is 2.77. The van der Waals surface area contributed by atoms with Crippen LogP contribution in [0.2, 0.25) is 0 Å². The SMILES string of the molecule is CCCOc1ccc(NC(=O)c2c(N)cnn2C)cc1. The molecule has 0 spiro atoms. The van der Waals surface area contributed by atoms with E-state index in [9.17, 15) is 4.79 Å². The van der Waals surface area contributed by atoms with Gasteiger partial charge in [-0.2, -0.15) is 5.10 Å². The molecule has 0 aliphatic carbocycles. The van der Waals surface area contributed by atoms with Gasteiger partial charge in [0.15, 0.2) is 0 Å². The lowest BCUT2D eigenvalue weighted by Crippen LogP contribution is -2.17. The third-order valence-corrected chi connectivity index (χ3v) is 2.77. The molecule has 0 saturated heterocycles. The van der Waals surface area contributed by atoms with Gasteiger partial charge in [0.05, 0.1) is 18.5 Å². The highest BCUT2D eigenvalue weighted by atomic mass is 16.5. The molecule has 2 aromatic rings. The number of nitrogens with zero attached hydrogens (tertiary/aromatic N) is 2. The second kappa shape index (κ2) is 6.10. The summed E-state index contributed by atoms with van der Waals surface area (Å²) in [4.78, 5) is 12.1. The van der Waals surface area contributed by atoms with E-state index in [1.807, 2.05) is 19.1 Å². The molecule has 0 unspecified atom stereocenters. The summed E-state index contributed by atoms with van der Waals surface area (Å²) in [5, 5.41) is 6.71. The molecule has 1 heterocycles. The first kappa shape index (κ1) is 13.9. The Morgan fingerprint density at radius 3 is 2.65 bits per heavy atom. The van der Waals surface area contributed by atoms with Crippen molar-refractivity contribution in [2.24, 2.45) is 7.05 Å². The lowest BCUT2D eigenvalue weighted by molar-refractivity contribution is 0.101. The fourth-order valence-electron chi connectivity index (χ4n) is 1.78. The van der Waals surface area contributed by atoms with Gasteiger partial charge < -0.3 is 15.8 Å². The van der Waals surface area contributed by atoms with Crippen LogP contribution in [-0.4, -0.2) is 22.3 Å². The average Bonchev–Trinajstić information content (AvgIpc) is 2.77. The van der Waals surface area contributed by atoms with Gasteiger partial charge in [-0.25, -0.2) is 0 Å². The number of amides is 1. The first-order valence-electron chi connectivity index (χ1n) is 6.43. The van der Waals surface area contributed by atoms with E-state index in [0.29, 0.717) is 23.7 Å². The number of ether oxygens (including phenoxy) is 1. The van der Waals surface area contributed by atoms with Crippen LogP contribution in [0.3, 0.4) is 0 Å². The summed E-state index contributed by atoms with van der Waals surface area (Å²) < 4.78 is 6.93. The fraction of sp³-hybridized carbons (Fsp3) is 0.286. The molecule has 1 aromatic carbocycles. The number of aromatic nitrogens is 2. The zero-order chi connectivity index (χ0) is 14.5. The zero-order valence-corrected chi connectivity index (χ0v) is 11.6. The predicted molar refractivity (Wildman–Crippen MR) is 77.8 cm³/mol. The van der Waals surface area contributed by atoms with Gasteiger partial charge in [0.2, 0.25) is 0 Å². The quantitative estimate of drug-likeness (QED) is 0.874. The summed E-state index contributed by atoms with van der Waals surface area (Å²) >= 11 is 0. The molecule has 20 heavy (non-hydrogen) atoms. The van der Waals surface area contributed by atoms with Crippen molar-refractivity contribution in [3.05, 3.63) is 36.2 Å². The van der Waals surface area contributed by atoms with Crippen LogP contribution in [0.1, 0.15) is 23.8 Å². The fourth-order valence-corrected chi connectivity index (χ4v) is 1.78. The maximum atomic E-state index is 12.1. The monoisotopic (exact) mass is 274 g/mol. The Kier molecular flexibility index (Phi) is 4.24. The molecule has 6 nitrogen and oxygen atoms in total. The van der Waals surface area contributed by atoms with Crippen LogP contribution >= 0.6 is 0 Å². The predicted octanol–water partition coefficient (Wildman–Crippen LogP) is 2.04. The van der Waals surface area contributed by atoms with Crippen molar-refractivity contribution in [1.29, 1.82) is 0 Å². The van der Waals surface area contributed by atoms with E-state index < -0.39 is 0 Å². The van der Waals surface area contributed by atoms with Crippen molar-refractivity contribution in [2.45, 2.75) is 13.3 Å². The Hall–Kier alpha value is -2.50. The zero-order valence-electron chi connectivity index (χ0n) is 11.6. The molecule has 0 aliphatic heterocycles. The van der Waals surface area contributed by atoms with E-state index in [4.69, 9.17) is 10.5 Å². The molecule has 0 aliphatic rings. The number of hydrogen-bond donors (Lipinski definition) is 2. The Morgan fingerprint density at radius 2 is 2.10 bits per heavy atom. The van der Waals surface area contributed by atoms with Crippen molar-refractivity contribution in [2.75, 3.05) is 17.7 Å². The van der Waals surface area contributed by atoms with Gasteiger partial charge in [0.25, 0.3) is 5.91 Å². The highest BCUT2D eigenvalue weighted by Crippen LogP contribution is 2.18. The van der Waals surface area contributed by atoms with Crippen LogP contribution < -0.4 is 15.8 Å². The van der Waals surface area contributed by atoms with Crippen LogP contribution in [0.4, 0.5) is 11.4 Å². The van der Waals surface area contributed by atoms with Gasteiger partial charge in [0.1, 0.15) is 11.4 Å². The number of anilines is 2. The van der Waals surface area contributed by atoms with Crippen LogP contribution in [0.5, 0.6) is 5.75 Å². The standard InChI is InChI=1S/C14H18N4O2/c1-3-8-20-11-6-4-10(5-7-11)17-14(19)13-12(15)9-16-18(13)2/h4-7,9H,3,8,15H2,1-2H3,(H,17,19). The number of benzene rings is 1. The van der Waals surface area contributed by atoms with Crippen molar-refractivity contribution in [3.63, 3.8) is 0 Å². The van der Waals surface area contributed by atoms with Crippen molar-refractivity contribution >= 4 is 17.3 Å². The summed E-state index contributed by atoms with van der Waals surface area (Å²) in [6, 6.07) is 7.21. The number of hydrogen-bond acceptors (Lipinski definition) is 4. The number of nitrogen functional groups attached to an aromatic ring is 1. The van der Waals surface area contributed by atoms with Gasteiger partial charge in [-0.05, 0) is 30.7 Å². The maximum Gasteiger partial charge on any atom is 0.276 e. The van der Waals surface area contributed by atoms with Gasteiger partial charge in [-0.3, -0.25) is 9.48 Å². The lowest BCUT2D eigenvalue weighted by atomic mass is 10.2. The van der Waals surface area contributed by atoms with E-state index in [0.717, 1.165) is 12.2 Å². The topological polar surface area (TPSA) is 82.2 Å². The number of nitrogens with two attached hydrogens (primary N) is 1. The van der Waals surface area contributed by atoms with Crippen molar-refractivity contribution in [3.8, 4) is 5.75 Å². The summed E-state index contributed by atoms with van der Waals surface area (Å²) in [5.41, 5.74) is 7.09. The van der Waals surface area contributed by atoms with Crippen LogP contribution in [-0.2, 0) is 7.05 Å². The molecular formula is C14H18N4O2. The molecular weight excluding hydrogens is 256 g/mol. The number of carbonyl (C=O) groups is 1. The molecule has 0 saturated carbocycles. The first-order chi connectivity index (χ1) is 9.61. The van der Waals surface area contributed by atoms with Crippen LogP contribution in [0.15, 0.2) is 30.5 Å². The van der Waals surface area contributed by atoms with Crippen LogP contribution in [0, 0.1) is 0 Å². The number of carbonyl (C=O) groups excluding carboxylic acids is 1. The summed E-state index contributed by atoms with van der Waals surface area (Å²) in [5.74, 6) is 0.495. The average molecular weight is 274 g/mol. The molecule has 1 amide bonds. The molecule has 0 atom stereocenters. The summed E-state index contributed by atoms with van der Waals surface area (Å²) in [6.45, 7) is 2.73. The van der Waals surface area contributed by atoms with Crippen molar-refractivity contribution < 1.29 is 9.53 Å². The maximum absolute atomic E-state index is 12.1. The van der Waals surface area contributed by atoms with E-state index >= 15 is 0 Å². The summed E-state index contributed by atoms with van der Waals surface area (Å²) in [7, 11) is 1.67. The van der Waals surface area contributed by atoms with E-state index in [1.54, 1.807) is 19.2 Å². The van der Waals surface area contributed by atoms with E-state index in [-0.39, 0.29) is 5.91 Å². The van der Waals surface area contributed by atoms with E-state index in [1.165, 1.54) is 10.9 Å². The number of nitrogens with one attached hydrogen (secondary N) is 1. The Morgan fingerprint density at radius 1 is 1.40 bits per heavy atom. The molecule has 6 heteroatoms. The minimum Gasteiger partial charge on any atom is -0.494 e. The number of rotatable bonds is 5. The molecule has 1 aromatic heterocycles. The molecule has 3 N–H and O–H groups in total. The highest BCUT2D eigenvalue weighted by Gasteiger charge is 2.14. The lowest BCUT2D eigenvalue weighted by Gasteiger charge is -2.08. The molecule has 0 fully saturated rings. The molecule has 0 radical (unpaired) electrons. The first-order valence-corrected chi connectivity index (χ1v) is 6.43. The third kappa shape index (κ3) is 3.09. The highest BCUT2D eigenvalue weighted by molar-refractivity contribution is 6.06. The normalized spacial score (nSPS) is 10.3. The minimum atomic E-state index is -0.287. The largest absolute Gasteiger partial charge is 0.494 e. The Labute approximate surface area is 117 Å². The Bertz CT molecular complexity index is 570. The second-order valence-electron chi connectivity index (χ2n) is 4.40. The van der Waals surface area contributed by atoms with E-state index in [2.05, 4.69) is 10.4 Å². The van der Waals surface area contributed by atoms with Gasteiger partial charge in [-0.15, -0.1) is 0 Å². The van der Waals surface area contributed by atoms with Gasteiger partial charge in [-0.1, -0.05) is 6.92 Å². The molecule has 2 rings (SSSR count). The van der Waals surface area contributed by atoms with Crippen molar-refractivity contribution in [1.82, 2.24) is 9.78 Å². The molecule has 106 valence electrons. The van der Waals surface area contributed by atoms with Gasteiger partial charge >= 0.3 is 0 Å². The molecule has 0 bridgehead atoms. The van der Waals surface area contributed by atoms with Crippen LogP contribution in [0.25, 0.3) is 0 Å². The Balaban J connectivity index is 2.05. The number of aryl methyl sites for hydroxylation is 1.